The van der Waals surface area contributed by atoms with Crippen molar-refractivity contribution in [2.45, 2.75) is 71.4 Å². The number of aliphatic hydroxyl groups is 1. The molecule has 1 aliphatic carbocycles. The lowest BCUT2D eigenvalue weighted by Gasteiger charge is -2.26. The van der Waals surface area contributed by atoms with Crippen LogP contribution in [0.15, 0.2) is 0 Å². The summed E-state index contributed by atoms with van der Waals surface area (Å²) < 4.78 is 0. The first-order chi connectivity index (χ1) is 6.85. The van der Waals surface area contributed by atoms with Gasteiger partial charge in [0.2, 0.25) is 0 Å². The van der Waals surface area contributed by atoms with Crippen LogP contribution < -0.4 is 5.32 Å². The highest BCUT2D eigenvalue weighted by atomic mass is 16.3. The first kappa shape index (κ1) is 13.0. The summed E-state index contributed by atoms with van der Waals surface area (Å²) in [6.45, 7) is 9.45. The van der Waals surface area contributed by atoms with Gasteiger partial charge >= 0.3 is 0 Å². The Morgan fingerprint density at radius 3 is 2.60 bits per heavy atom. The summed E-state index contributed by atoms with van der Waals surface area (Å²) in [5, 5.41) is 13.6. The van der Waals surface area contributed by atoms with Gasteiger partial charge < -0.3 is 10.4 Å². The van der Waals surface area contributed by atoms with Gasteiger partial charge in [0.05, 0.1) is 5.60 Å². The molecule has 0 heterocycles. The van der Waals surface area contributed by atoms with Crippen LogP contribution in [0.3, 0.4) is 0 Å². The van der Waals surface area contributed by atoms with Crippen LogP contribution in [0.2, 0.25) is 0 Å². The fourth-order valence-corrected chi connectivity index (χ4v) is 2.60. The zero-order valence-electron chi connectivity index (χ0n) is 10.8. The Morgan fingerprint density at radius 2 is 2.13 bits per heavy atom. The average molecular weight is 213 g/mol. The summed E-state index contributed by atoms with van der Waals surface area (Å²) in [4.78, 5) is 0. The Hall–Kier alpha value is -0.0800. The van der Waals surface area contributed by atoms with Crippen molar-refractivity contribution in [1.82, 2.24) is 5.32 Å². The molecule has 0 amide bonds. The molecule has 2 unspecified atom stereocenters. The van der Waals surface area contributed by atoms with Gasteiger partial charge in [-0.25, -0.2) is 0 Å². The first-order valence-electron chi connectivity index (χ1n) is 6.30. The summed E-state index contributed by atoms with van der Waals surface area (Å²) in [6.07, 6.45) is 5.74. The molecule has 1 fully saturated rings. The maximum Gasteiger partial charge on any atom is 0.0743 e. The molecule has 2 N–H and O–H groups in total. The van der Waals surface area contributed by atoms with Crippen molar-refractivity contribution >= 4 is 0 Å². The van der Waals surface area contributed by atoms with Crippen LogP contribution in [0.1, 0.15) is 59.8 Å². The molecule has 15 heavy (non-hydrogen) atoms. The molecule has 0 aliphatic heterocycles. The van der Waals surface area contributed by atoms with Gasteiger partial charge in [0.1, 0.15) is 0 Å². The van der Waals surface area contributed by atoms with Crippen LogP contribution in [-0.4, -0.2) is 23.3 Å². The summed E-state index contributed by atoms with van der Waals surface area (Å²) in [5.74, 6) is 0. The first-order valence-corrected chi connectivity index (χ1v) is 6.30. The summed E-state index contributed by atoms with van der Waals surface area (Å²) in [6, 6.07) is 0.614. The highest BCUT2D eigenvalue weighted by molar-refractivity contribution is 4.88. The van der Waals surface area contributed by atoms with E-state index in [1.807, 2.05) is 6.92 Å². The third-order valence-corrected chi connectivity index (χ3v) is 3.53. The smallest absolute Gasteiger partial charge is 0.0743 e. The minimum atomic E-state index is -0.526. The predicted octanol–water partition coefficient (Wildman–Crippen LogP) is 2.71. The lowest BCUT2D eigenvalue weighted by Crippen LogP contribution is -2.41. The molecule has 1 aliphatic rings. The van der Waals surface area contributed by atoms with Crippen LogP contribution in [0.25, 0.3) is 0 Å². The van der Waals surface area contributed by atoms with E-state index in [9.17, 15) is 5.11 Å². The van der Waals surface area contributed by atoms with E-state index in [0.29, 0.717) is 11.5 Å². The SMILES string of the molecule is CCCC(C)(O)CNC1CCC(C)(C)C1. The van der Waals surface area contributed by atoms with E-state index in [1.165, 1.54) is 19.3 Å². The second-order valence-electron chi connectivity index (χ2n) is 6.23. The van der Waals surface area contributed by atoms with Crippen molar-refractivity contribution in [1.29, 1.82) is 0 Å². The molecule has 2 atom stereocenters. The number of hydrogen-bond acceptors (Lipinski definition) is 2. The molecule has 0 radical (unpaired) electrons. The van der Waals surface area contributed by atoms with Crippen molar-refractivity contribution in [2.75, 3.05) is 6.54 Å². The Labute approximate surface area is 94.5 Å². The van der Waals surface area contributed by atoms with Crippen LogP contribution in [-0.2, 0) is 0 Å². The molecule has 0 aromatic carbocycles. The van der Waals surface area contributed by atoms with Gasteiger partial charge in [-0.3, -0.25) is 0 Å². The molecule has 0 saturated heterocycles. The molecule has 0 spiro atoms. The van der Waals surface area contributed by atoms with Crippen LogP contribution in [0.4, 0.5) is 0 Å². The minimum Gasteiger partial charge on any atom is -0.389 e. The van der Waals surface area contributed by atoms with E-state index in [1.54, 1.807) is 0 Å². The van der Waals surface area contributed by atoms with Gasteiger partial charge in [-0.1, -0.05) is 27.2 Å². The van der Waals surface area contributed by atoms with E-state index in [0.717, 1.165) is 19.4 Å². The maximum atomic E-state index is 10.0. The van der Waals surface area contributed by atoms with Crippen LogP contribution in [0.5, 0.6) is 0 Å². The summed E-state index contributed by atoms with van der Waals surface area (Å²) >= 11 is 0. The van der Waals surface area contributed by atoms with Gasteiger partial charge in [-0.15, -0.1) is 0 Å². The van der Waals surface area contributed by atoms with Crippen molar-refractivity contribution in [3.63, 3.8) is 0 Å². The number of nitrogens with one attached hydrogen (secondary N) is 1. The highest BCUT2D eigenvalue weighted by Gasteiger charge is 2.31. The van der Waals surface area contributed by atoms with Gasteiger partial charge in [0.15, 0.2) is 0 Å². The highest BCUT2D eigenvalue weighted by Crippen LogP contribution is 2.36. The average Bonchev–Trinajstić information content (AvgIpc) is 2.42. The Kier molecular flexibility index (Phi) is 4.19. The molecule has 0 aromatic rings. The number of hydrogen-bond donors (Lipinski definition) is 2. The molecular weight excluding hydrogens is 186 g/mol. The largest absolute Gasteiger partial charge is 0.389 e. The lowest BCUT2D eigenvalue weighted by molar-refractivity contribution is 0.0470. The maximum absolute atomic E-state index is 10.0. The summed E-state index contributed by atoms with van der Waals surface area (Å²) in [5.41, 5.74) is -0.0320. The zero-order chi connectivity index (χ0) is 11.5. The van der Waals surface area contributed by atoms with E-state index in [-0.39, 0.29) is 0 Å². The Balaban J connectivity index is 2.26. The van der Waals surface area contributed by atoms with Crippen LogP contribution >= 0.6 is 0 Å². The molecule has 1 saturated carbocycles. The molecule has 1 rings (SSSR count). The van der Waals surface area contributed by atoms with Crippen molar-refractivity contribution < 1.29 is 5.11 Å². The molecule has 2 nitrogen and oxygen atoms in total. The standard InChI is InChI=1S/C13H27NO/c1-5-7-13(4,15)10-14-11-6-8-12(2,3)9-11/h11,14-15H,5-10H2,1-4H3. The molecule has 0 aromatic heterocycles. The van der Waals surface area contributed by atoms with E-state index < -0.39 is 5.60 Å². The van der Waals surface area contributed by atoms with Gasteiger partial charge in [-0.05, 0) is 38.0 Å². The van der Waals surface area contributed by atoms with E-state index in [2.05, 4.69) is 26.1 Å². The van der Waals surface area contributed by atoms with Crippen molar-refractivity contribution in [3.05, 3.63) is 0 Å². The molecular formula is C13H27NO. The molecule has 0 bridgehead atoms. The molecule has 2 heteroatoms. The monoisotopic (exact) mass is 213 g/mol. The topological polar surface area (TPSA) is 32.3 Å². The second kappa shape index (κ2) is 4.84. The van der Waals surface area contributed by atoms with Crippen LogP contribution in [0, 0.1) is 5.41 Å². The van der Waals surface area contributed by atoms with E-state index in [4.69, 9.17) is 0 Å². The normalized spacial score (nSPS) is 29.0. The fourth-order valence-electron chi connectivity index (χ4n) is 2.60. The quantitative estimate of drug-likeness (QED) is 0.736. The third kappa shape index (κ3) is 4.52. The number of rotatable bonds is 5. The predicted molar refractivity (Wildman–Crippen MR) is 65.0 cm³/mol. The van der Waals surface area contributed by atoms with Gasteiger partial charge in [0, 0.05) is 12.6 Å². The van der Waals surface area contributed by atoms with Gasteiger partial charge in [0.25, 0.3) is 0 Å². The van der Waals surface area contributed by atoms with Crippen molar-refractivity contribution in [2.24, 2.45) is 5.41 Å². The molecule has 90 valence electrons. The minimum absolute atomic E-state index is 0.494. The van der Waals surface area contributed by atoms with Gasteiger partial charge in [-0.2, -0.15) is 0 Å². The Bertz CT molecular complexity index is 199. The second-order valence-corrected chi connectivity index (χ2v) is 6.23. The summed E-state index contributed by atoms with van der Waals surface area (Å²) in [7, 11) is 0. The third-order valence-electron chi connectivity index (χ3n) is 3.53. The Morgan fingerprint density at radius 1 is 1.47 bits per heavy atom. The lowest BCUT2D eigenvalue weighted by atomic mass is 9.91. The van der Waals surface area contributed by atoms with Crippen molar-refractivity contribution in [3.8, 4) is 0 Å². The zero-order valence-corrected chi connectivity index (χ0v) is 10.8. The van der Waals surface area contributed by atoms with E-state index >= 15 is 0 Å². The fraction of sp³-hybridized carbons (Fsp3) is 1.00.